The Hall–Kier alpha value is -3.21. The van der Waals surface area contributed by atoms with Crippen LogP contribution in [-0.4, -0.2) is 26.1 Å². The number of pyridine rings is 2. The second-order valence-corrected chi connectivity index (χ2v) is 5.52. The number of fused-ring (bicyclic) bond motifs is 1. The molecule has 4 rings (SSSR count). The predicted octanol–water partition coefficient (Wildman–Crippen LogP) is 3.47. The Kier molecular flexibility index (Phi) is 3.90. The van der Waals surface area contributed by atoms with Gasteiger partial charge in [-0.1, -0.05) is 18.2 Å². The van der Waals surface area contributed by atoms with Crippen molar-refractivity contribution in [3.8, 4) is 5.82 Å². The van der Waals surface area contributed by atoms with E-state index in [1.807, 2.05) is 77.9 Å². The molecular formula is C19H17N5. The standard InChI is InChI=1S/C19H17N5/c1-2-5-17-16(4-1)22-14-24(17)19-7-3-6-18(23-19)21-13-10-15-8-11-20-12-9-15/h1-9,11-12,14H,10,13H2,(H,21,23). The van der Waals surface area contributed by atoms with E-state index in [4.69, 9.17) is 4.98 Å². The van der Waals surface area contributed by atoms with Crippen molar-refractivity contribution in [2.45, 2.75) is 6.42 Å². The third kappa shape index (κ3) is 2.96. The van der Waals surface area contributed by atoms with Gasteiger partial charge in [-0.25, -0.2) is 9.97 Å². The van der Waals surface area contributed by atoms with E-state index >= 15 is 0 Å². The maximum absolute atomic E-state index is 4.70. The van der Waals surface area contributed by atoms with Gasteiger partial charge in [0.25, 0.3) is 0 Å². The Bertz CT molecular complexity index is 946. The molecule has 118 valence electrons. The van der Waals surface area contributed by atoms with Gasteiger partial charge >= 0.3 is 0 Å². The molecule has 3 aromatic heterocycles. The predicted molar refractivity (Wildman–Crippen MR) is 95.3 cm³/mol. The highest BCUT2D eigenvalue weighted by molar-refractivity contribution is 5.76. The molecule has 0 aliphatic heterocycles. The highest BCUT2D eigenvalue weighted by atomic mass is 15.1. The minimum Gasteiger partial charge on any atom is -0.370 e. The minimum atomic E-state index is 0.825. The van der Waals surface area contributed by atoms with Crippen LogP contribution < -0.4 is 5.32 Å². The van der Waals surface area contributed by atoms with Gasteiger partial charge in [0.2, 0.25) is 0 Å². The number of anilines is 1. The molecule has 0 spiro atoms. The van der Waals surface area contributed by atoms with Crippen LogP contribution in [-0.2, 0) is 6.42 Å². The lowest BCUT2D eigenvalue weighted by Crippen LogP contribution is -2.07. The zero-order valence-electron chi connectivity index (χ0n) is 13.1. The van der Waals surface area contributed by atoms with E-state index in [1.54, 1.807) is 0 Å². The van der Waals surface area contributed by atoms with Gasteiger partial charge in [0.05, 0.1) is 11.0 Å². The monoisotopic (exact) mass is 315 g/mol. The average molecular weight is 315 g/mol. The van der Waals surface area contributed by atoms with Crippen molar-refractivity contribution in [3.63, 3.8) is 0 Å². The third-order valence-corrected chi connectivity index (χ3v) is 3.90. The van der Waals surface area contributed by atoms with Crippen molar-refractivity contribution in [2.75, 3.05) is 11.9 Å². The van der Waals surface area contributed by atoms with Crippen molar-refractivity contribution >= 4 is 16.9 Å². The zero-order valence-corrected chi connectivity index (χ0v) is 13.1. The molecule has 5 heteroatoms. The summed E-state index contributed by atoms with van der Waals surface area (Å²) in [6.07, 6.45) is 6.38. The molecular weight excluding hydrogens is 298 g/mol. The van der Waals surface area contributed by atoms with Crippen LogP contribution in [0.5, 0.6) is 0 Å². The molecule has 0 aliphatic carbocycles. The number of imidazole rings is 1. The molecule has 3 heterocycles. The van der Waals surface area contributed by atoms with Crippen molar-refractivity contribution < 1.29 is 0 Å². The van der Waals surface area contributed by atoms with Crippen molar-refractivity contribution in [2.24, 2.45) is 0 Å². The Labute approximate surface area is 140 Å². The van der Waals surface area contributed by atoms with Crippen LogP contribution in [0.15, 0.2) is 73.3 Å². The molecule has 0 bridgehead atoms. The van der Waals surface area contributed by atoms with Crippen LogP contribution in [0.2, 0.25) is 0 Å². The first-order chi connectivity index (χ1) is 11.9. The average Bonchev–Trinajstić information content (AvgIpc) is 3.07. The molecule has 0 aliphatic rings. The van der Waals surface area contributed by atoms with Gasteiger partial charge in [-0.3, -0.25) is 9.55 Å². The van der Waals surface area contributed by atoms with Crippen LogP contribution in [0.25, 0.3) is 16.9 Å². The number of rotatable bonds is 5. The molecule has 0 amide bonds. The maximum Gasteiger partial charge on any atom is 0.140 e. The van der Waals surface area contributed by atoms with Gasteiger partial charge in [0.1, 0.15) is 18.0 Å². The Balaban J connectivity index is 1.51. The topological polar surface area (TPSA) is 55.6 Å². The van der Waals surface area contributed by atoms with Crippen molar-refractivity contribution in [1.82, 2.24) is 19.5 Å². The van der Waals surface area contributed by atoms with E-state index in [0.29, 0.717) is 0 Å². The third-order valence-electron chi connectivity index (χ3n) is 3.90. The van der Waals surface area contributed by atoms with Gasteiger partial charge in [-0.15, -0.1) is 0 Å². The first-order valence-electron chi connectivity index (χ1n) is 7.92. The molecule has 0 atom stereocenters. The van der Waals surface area contributed by atoms with Crippen molar-refractivity contribution in [3.05, 3.63) is 78.9 Å². The van der Waals surface area contributed by atoms with Crippen LogP contribution >= 0.6 is 0 Å². The van der Waals surface area contributed by atoms with Gasteiger partial charge in [-0.2, -0.15) is 0 Å². The Morgan fingerprint density at radius 2 is 1.79 bits per heavy atom. The first-order valence-corrected chi connectivity index (χ1v) is 7.92. The summed E-state index contributed by atoms with van der Waals surface area (Å²) < 4.78 is 2.00. The van der Waals surface area contributed by atoms with E-state index in [9.17, 15) is 0 Å². The zero-order chi connectivity index (χ0) is 16.2. The quantitative estimate of drug-likeness (QED) is 0.613. The molecule has 0 unspecified atom stereocenters. The van der Waals surface area contributed by atoms with E-state index in [1.165, 1.54) is 5.56 Å². The molecule has 0 radical (unpaired) electrons. The fourth-order valence-corrected chi connectivity index (χ4v) is 2.68. The van der Waals surface area contributed by atoms with Crippen LogP contribution in [0.1, 0.15) is 5.56 Å². The second kappa shape index (κ2) is 6.50. The summed E-state index contributed by atoms with van der Waals surface area (Å²) in [6, 6.07) is 18.1. The fraction of sp³-hybridized carbons (Fsp3) is 0.105. The van der Waals surface area contributed by atoms with Gasteiger partial charge in [-0.05, 0) is 48.4 Å². The normalized spacial score (nSPS) is 10.8. The SMILES string of the molecule is c1cc(NCCc2ccncc2)nc(-n2cnc3ccccc32)c1. The van der Waals surface area contributed by atoms with Crippen LogP contribution in [0, 0.1) is 0 Å². The lowest BCUT2D eigenvalue weighted by atomic mass is 10.2. The summed E-state index contributed by atoms with van der Waals surface area (Å²) in [5, 5.41) is 3.38. The molecule has 1 N–H and O–H groups in total. The second-order valence-electron chi connectivity index (χ2n) is 5.52. The van der Waals surface area contributed by atoms with Gasteiger partial charge < -0.3 is 5.32 Å². The highest BCUT2D eigenvalue weighted by Gasteiger charge is 2.05. The number of nitrogens with one attached hydrogen (secondary N) is 1. The first kappa shape index (κ1) is 14.4. The molecule has 4 aromatic rings. The Morgan fingerprint density at radius 3 is 2.71 bits per heavy atom. The molecule has 0 saturated carbocycles. The Morgan fingerprint density at radius 1 is 0.917 bits per heavy atom. The number of hydrogen-bond donors (Lipinski definition) is 1. The van der Waals surface area contributed by atoms with Crippen LogP contribution in [0.3, 0.4) is 0 Å². The summed E-state index contributed by atoms with van der Waals surface area (Å²) in [5.41, 5.74) is 3.28. The van der Waals surface area contributed by atoms with E-state index in [2.05, 4.69) is 15.3 Å². The number of benzene rings is 1. The molecule has 5 nitrogen and oxygen atoms in total. The van der Waals surface area contributed by atoms with E-state index in [0.717, 1.165) is 35.6 Å². The summed E-state index contributed by atoms with van der Waals surface area (Å²) in [4.78, 5) is 13.2. The summed E-state index contributed by atoms with van der Waals surface area (Å²) in [6.45, 7) is 0.825. The lowest BCUT2D eigenvalue weighted by molar-refractivity contribution is 0.979. The minimum absolute atomic E-state index is 0.825. The number of para-hydroxylation sites is 2. The smallest absolute Gasteiger partial charge is 0.140 e. The van der Waals surface area contributed by atoms with Crippen molar-refractivity contribution in [1.29, 1.82) is 0 Å². The van der Waals surface area contributed by atoms with Gasteiger partial charge in [0, 0.05) is 18.9 Å². The maximum atomic E-state index is 4.70. The van der Waals surface area contributed by atoms with E-state index in [-0.39, 0.29) is 0 Å². The number of hydrogen-bond acceptors (Lipinski definition) is 4. The number of nitrogens with zero attached hydrogens (tertiary/aromatic N) is 4. The molecule has 0 fully saturated rings. The lowest BCUT2D eigenvalue weighted by Gasteiger charge is -2.08. The largest absolute Gasteiger partial charge is 0.370 e. The summed E-state index contributed by atoms with van der Waals surface area (Å²) in [7, 11) is 0. The fourth-order valence-electron chi connectivity index (χ4n) is 2.68. The molecule has 1 aromatic carbocycles. The highest BCUT2D eigenvalue weighted by Crippen LogP contribution is 2.17. The molecule has 24 heavy (non-hydrogen) atoms. The molecule has 0 saturated heterocycles. The summed E-state index contributed by atoms with van der Waals surface area (Å²) in [5.74, 6) is 1.72. The van der Waals surface area contributed by atoms with Gasteiger partial charge in [0.15, 0.2) is 0 Å². The number of aromatic nitrogens is 4. The summed E-state index contributed by atoms with van der Waals surface area (Å²) >= 11 is 0. The van der Waals surface area contributed by atoms with E-state index < -0.39 is 0 Å². The van der Waals surface area contributed by atoms with Crippen LogP contribution in [0.4, 0.5) is 5.82 Å².